The van der Waals surface area contributed by atoms with E-state index in [4.69, 9.17) is 0 Å². The number of benzene rings is 2. The van der Waals surface area contributed by atoms with Gasteiger partial charge in [0.25, 0.3) is 0 Å². The van der Waals surface area contributed by atoms with Gasteiger partial charge in [0.15, 0.2) is 0 Å². The Bertz CT molecular complexity index is 846. The molecule has 1 fully saturated rings. The summed E-state index contributed by atoms with van der Waals surface area (Å²) in [7, 11) is 0. The third-order valence-corrected chi connectivity index (χ3v) is 5.04. The third kappa shape index (κ3) is 2.70. The molecular formula is C20H19F2N. The number of piperidine rings is 1. The van der Waals surface area contributed by atoms with Crippen molar-refractivity contribution in [3.63, 3.8) is 0 Å². The highest BCUT2D eigenvalue weighted by molar-refractivity contribution is 5.78. The predicted molar refractivity (Wildman–Crippen MR) is 88.2 cm³/mol. The summed E-state index contributed by atoms with van der Waals surface area (Å²) in [5, 5.41) is 5.54. The maximum Gasteiger partial charge on any atom is 0.123 e. The van der Waals surface area contributed by atoms with Gasteiger partial charge in [0, 0.05) is 0 Å². The summed E-state index contributed by atoms with van der Waals surface area (Å²) in [5.41, 5.74) is 3.57. The lowest BCUT2D eigenvalue weighted by atomic mass is 9.86. The average Bonchev–Trinajstić information content (AvgIpc) is 2.95. The molecule has 1 saturated heterocycles. The minimum Gasteiger partial charge on any atom is -0.317 e. The zero-order valence-corrected chi connectivity index (χ0v) is 12.9. The highest BCUT2D eigenvalue weighted by Gasteiger charge is 2.24. The highest BCUT2D eigenvalue weighted by Crippen LogP contribution is 2.31. The van der Waals surface area contributed by atoms with Crippen LogP contribution in [0, 0.1) is 17.6 Å². The van der Waals surface area contributed by atoms with Gasteiger partial charge in [-0.1, -0.05) is 23.8 Å². The Kier molecular flexibility index (Phi) is 3.74. The van der Waals surface area contributed by atoms with E-state index >= 15 is 0 Å². The standard InChI is InChI=1S/C20H19F2N/c21-15-3-1-13(2-4-15)18-12-19(14-7-9-23-10-8-14)20-11-16(22)5-6-17(18)20/h1-6,11,14,23H,7-10,12H2. The minimum atomic E-state index is -0.228. The molecule has 1 nitrogen and oxygen atoms in total. The summed E-state index contributed by atoms with van der Waals surface area (Å²) in [6.45, 7) is 2.04. The minimum absolute atomic E-state index is 0.185. The molecule has 0 amide bonds. The predicted octanol–water partition coefficient (Wildman–Crippen LogP) is 2.72. The van der Waals surface area contributed by atoms with Crippen LogP contribution in [0.1, 0.15) is 24.8 Å². The van der Waals surface area contributed by atoms with Crippen molar-refractivity contribution in [1.29, 1.82) is 0 Å². The van der Waals surface area contributed by atoms with Gasteiger partial charge in [-0.15, -0.1) is 0 Å². The largest absolute Gasteiger partial charge is 0.317 e. The van der Waals surface area contributed by atoms with Gasteiger partial charge in [-0.25, -0.2) is 8.78 Å². The lowest BCUT2D eigenvalue weighted by Crippen LogP contribution is -2.31. The van der Waals surface area contributed by atoms with Crippen LogP contribution in [0.4, 0.5) is 8.78 Å². The Morgan fingerprint density at radius 1 is 0.826 bits per heavy atom. The second kappa shape index (κ2) is 5.89. The van der Waals surface area contributed by atoms with Crippen LogP contribution in [0.3, 0.4) is 0 Å². The van der Waals surface area contributed by atoms with E-state index in [1.54, 1.807) is 6.07 Å². The monoisotopic (exact) mass is 311 g/mol. The van der Waals surface area contributed by atoms with Crippen LogP contribution in [0.2, 0.25) is 0 Å². The van der Waals surface area contributed by atoms with Crippen LogP contribution in [-0.4, -0.2) is 13.1 Å². The SMILES string of the molecule is Fc1ccc(C2=c3ccc(F)cc3=C(C3CCNCC3)C2)cc1. The van der Waals surface area contributed by atoms with Gasteiger partial charge in [0.2, 0.25) is 0 Å². The van der Waals surface area contributed by atoms with Gasteiger partial charge in [0.1, 0.15) is 11.6 Å². The van der Waals surface area contributed by atoms with Crippen molar-refractivity contribution in [3.8, 4) is 0 Å². The first-order valence-electron chi connectivity index (χ1n) is 8.21. The van der Waals surface area contributed by atoms with Crippen LogP contribution >= 0.6 is 0 Å². The maximum atomic E-state index is 13.8. The fourth-order valence-corrected chi connectivity index (χ4v) is 3.87. The second-order valence-corrected chi connectivity index (χ2v) is 6.40. The molecule has 0 spiro atoms. The number of fused-ring (bicyclic) bond motifs is 1. The van der Waals surface area contributed by atoms with Gasteiger partial charge < -0.3 is 5.32 Å². The Morgan fingerprint density at radius 2 is 1.52 bits per heavy atom. The van der Waals surface area contributed by atoms with Gasteiger partial charge >= 0.3 is 0 Å². The van der Waals surface area contributed by atoms with E-state index in [1.165, 1.54) is 29.3 Å². The molecule has 0 unspecified atom stereocenters. The Balaban J connectivity index is 1.88. The highest BCUT2D eigenvalue weighted by atomic mass is 19.1. The molecule has 23 heavy (non-hydrogen) atoms. The van der Waals surface area contributed by atoms with E-state index in [0.717, 1.165) is 48.4 Å². The van der Waals surface area contributed by atoms with Crippen molar-refractivity contribution in [2.45, 2.75) is 19.3 Å². The average molecular weight is 311 g/mol. The molecule has 4 rings (SSSR count). The molecule has 2 aromatic carbocycles. The van der Waals surface area contributed by atoms with Gasteiger partial charge in [0.05, 0.1) is 0 Å². The molecule has 118 valence electrons. The second-order valence-electron chi connectivity index (χ2n) is 6.40. The van der Waals surface area contributed by atoms with Crippen molar-refractivity contribution in [2.75, 3.05) is 13.1 Å². The van der Waals surface area contributed by atoms with Crippen molar-refractivity contribution < 1.29 is 8.78 Å². The van der Waals surface area contributed by atoms with Crippen LogP contribution in [0.15, 0.2) is 42.5 Å². The quantitative estimate of drug-likeness (QED) is 0.899. The van der Waals surface area contributed by atoms with Crippen molar-refractivity contribution >= 4 is 11.1 Å². The number of halogens is 2. The summed E-state index contributed by atoms with van der Waals surface area (Å²) in [6.07, 6.45) is 3.04. The van der Waals surface area contributed by atoms with Crippen LogP contribution in [0.25, 0.3) is 11.1 Å². The van der Waals surface area contributed by atoms with Crippen LogP contribution in [-0.2, 0) is 0 Å². The molecule has 2 aliphatic rings. The van der Waals surface area contributed by atoms with E-state index in [0.29, 0.717) is 5.92 Å². The molecule has 0 aromatic heterocycles. The Labute approximate surface area is 134 Å². The lowest BCUT2D eigenvalue weighted by Gasteiger charge is -2.24. The van der Waals surface area contributed by atoms with E-state index in [9.17, 15) is 8.78 Å². The normalized spacial score (nSPS) is 18.3. The molecule has 0 saturated carbocycles. The Morgan fingerprint density at radius 3 is 2.26 bits per heavy atom. The van der Waals surface area contributed by atoms with Crippen molar-refractivity contribution in [2.24, 2.45) is 5.92 Å². The third-order valence-electron chi connectivity index (χ3n) is 5.04. The number of hydrogen-bond acceptors (Lipinski definition) is 1. The van der Waals surface area contributed by atoms with Gasteiger partial charge in [-0.3, -0.25) is 0 Å². The lowest BCUT2D eigenvalue weighted by molar-refractivity contribution is 0.442. The summed E-state index contributed by atoms with van der Waals surface area (Å²) >= 11 is 0. The number of rotatable bonds is 2. The molecule has 1 heterocycles. The topological polar surface area (TPSA) is 12.0 Å². The van der Waals surface area contributed by atoms with Crippen molar-refractivity contribution in [3.05, 3.63) is 70.1 Å². The van der Waals surface area contributed by atoms with Crippen LogP contribution in [0.5, 0.6) is 0 Å². The van der Waals surface area contributed by atoms with E-state index in [1.807, 2.05) is 18.2 Å². The molecule has 1 N–H and O–H groups in total. The molecule has 3 heteroatoms. The number of nitrogens with one attached hydrogen (secondary N) is 1. The van der Waals surface area contributed by atoms with Crippen LogP contribution < -0.4 is 15.8 Å². The number of hydrogen-bond donors (Lipinski definition) is 1. The zero-order chi connectivity index (χ0) is 15.8. The molecule has 0 atom stereocenters. The van der Waals surface area contributed by atoms with E-state index in [2.05, 4.69) is 5.32 Å². The maximum absolute atomic E-state index is 13.8. The van der Waals surface area contributed by atoms with E-state index in [-0.39, 0.29) is 11.6 Å². The molecule has 0 radical (unpaired) electrons. The smallest absolute Gasteiger partial charge is 0.123 e. The molecular weight excluding hydrogens is 292 g/mol. The molecule has 1 aliphatic carbocycles. The summed E-state index contributed by atoms with van der Waals surface area (Å²) in [4.78, 5) is 0. The summed E-state index contributed by atoms with van der Waals surface area (Å²) in [6, 6.07) is 11.7. The van der Waals surface area contributed by atoms with Gasteiger partial charge in [-0.05, 0) is 84.1 Å². The molecule has 2 aromatic rings. The van der Waals surface area contributed by atoms with Gasteiger partial charge in [-0.2, -0.15) is 0 Å². The van der Waals surface area contributed by atoms with E-state index < -0.39 is 0 Å². The molecule has 1 aliphatic heterocycles. The fraction of sp³-hybridized carbons (Fsp3) is 0.300. The van der Waals surface area contributed by atoms with Crippen molar-refractivity contribution in [1.82, 2.24) is 5.32 Å². The summed E-state index contributed by atoms with van der Waals surface area (Å²) < 4.78 is 27.0. The Hall–Kier alpha value is -2.00. The first kappa shape index (κ1) is 14.6. The first-order chi connectivity index (χ1) is 11.2. The first-order valence-corrected chi connectivity index (χ1v) is 8.21. The molecule has 0 bridgehead atoms. The fourth-order valence-electron chi connectivity index (χ4n) is 3.87. The summed E-state index contributed by atoms with van der Waals surface area (Å²) in [5.74, 6) is 0.0968. The zero-order valence-electron chi connectivity index (χ0n) is 12.9.